The quantitative estimate of drug-likeness (QED) is 0.427. The van der Waals surface area contributed by atoms with Gasteiger partial charge in [-0.15, -0.1) is 0 Å². The molecule has 0 saturated carbocycles. The van der Waals surface area contributed by atoms with Crippen molar-refractivity contribution in [1.29, 1.82) is 0 Å². The number of rotatable bonds is 2. The Hall–Kier alpha value is -1.73. The van der Waals surface area contributed by atoms with Crippen molar-refractivity contribution in [2.75, 3.05) is 6.54 Å². The molecular formula is C5H7N3O5. The average Bonchev–Trinajstić information content (AvgIpc) is 2.03. The Kier molecular flexibility index (Phi) is 2.40. The van der Waals surface area contributed by atoms with Crippen LogP contribution in [0.25, 0.3) is 0 Å². The monoisotopic (exact) mass is 189 g/mol. The van der Waals surface area contributed by atoms with Crippen molar-refractivity contribution in [2.24, 2.45) is 0 Å². The molecule has 1 heterocycles. The van der Waals surface area contributed by atoms with E-state index in [1.54, 1.807) is 0 Å². The highest BCUT2D eigenvalue weighted by Crippen LogP contribution is 2.13. The second-order valence-corrected chi connectivity index (χ2v) is 2.64. The number of hydrogen-bond acceptors (Lipinski definition) is 5. The van der Waals surface area contributed by atoms with Crippen LogP contribution in [0.5, 0.6) is 0 Å². The first-order valence-electron chi connectivity index (χ1n) is 3.63. The second kappa shape index (κ2) is 3.33. The van der Waals surface area contributed by atoms with Gasteiger partial charge in [-0.25, -0.2) is 10.1 Å². The lowest BCUT2D eigenvalue weighted by Gasteiger charge is -2.19. The first-order valence-corrected chi connectivity index (χ1v) is 3.63. The number of carbonyl (C=O) groups excluding carboxylic acids is 1. The van der Waals surface area contributed by atoms with Crippen LogP contribution in [0.1, 0.15) is 12.8 Å². The molecule has 0 N–H and O–H groups in total. The van der Waals surface area contributed by atoms with Crippen molar-refractivity contribution in [3.63, 3.8) is 0 Å². The van der Waals surface area contributed by atoms with Gasteiger partial charge in [-0.05, 0) is 6.42 Å². The maximum Gasteiger partial charge on any atom is 0.356 e. The third kappa shape index (κ3) is 1.71. The van der Waals surface area contributed by atoms with Crippen molar-refractivity contribution < 1.29 is 14.8 Å². The van der Waals surface area contributed by atoms with E-state index in [2.05, 4.69) is 0 Å². The first-order chi connectivity index (χ1) is 6.04. The van der Waals surface area contributed by atoms with Crippen molar-refractivity contribution in [3.8, 4) is 0 Å². The maximum atomic E-state index is 11.1. The van der Waals surface area contributed by atoms with Crippen molar-refractivity contribution in [2.45, 2.75) is 18.9 Å². The molecule has 0 aromatic rings. The summed E-state index contributed by atoms with van der Waals surface area (Å²) < 4.78 is 0. The van der Waals surface area contributed by atoms with E-state index in [-0.39, 0.29) is 13.0 Å². The zero-order valence-electron chi connectivity index (χ0n) is 6.58. The molecule has 1 unspecified atom stereocenters. The Morgan fingerprint density at radius 3 is 2.46 bits per heavy atom. The molecule has 1 fully saturated rings. The van der Waals surface area contributed by atoms with Gasteiger partial charge in [0.2, 0.25) is 0 Å². The predicted molar refractivity (Wildman–Crippen MR) is 38.7 cm³/mol. The number of nitro groups is 2. The first kappa shape index (κ1) is 9.36. The van der Waals surface area contributed by atoms with Crippen molar-refractivity contribution in [3.05, 3.63) is 20.2 Å². The molecule has 0 spiro atoms. The summed E-state index contributed by atoms with van der Waals surface area (Å²) in [4.78, 5) is 30.8. The number of amides is 1. The number of nitrogens with zero attached hydrogens (tertiary/aromatic N) is 3. The van der Waals surface area contributed by atoms with Crippen LogP contribution in [0.3, 0.4) is 0 Å². The third-order valence-corrected chi connectivity index (χ3v) is 1.84. The van der Waals surface area contributed by atoms with Crippen LogP contribution in [0.2, 0.25) is 0 Å². The number of hydrazine groups is 1. The van der Waals surface area contributed by atoms with Gasteiger partial charge in [0.1, 0.15) is 0 Å². The normalized spacial score (nSPS) is 22.9. The fourth-order valence-corrected chi connectivity index (χ4v) is 1.20. The minimum Gasteiger partial charge on any atom is -0.264 e. The molecule has 0 bridgehead atoms. The summed E-state index contributed by atoms with van der Waals surface area (Å²) in [5.74, 6) is -1.03. The SMILES string of the molecule is O=C1C([N+](=O)[O-])CCCN1[N+](=O)[O-]. The van der Waals surface area contributed by atoms with Gasteiger partial charge in [0.05, 0.1) is 6.54 Å². The van der Waals surface area contributed by atoms with Crippen LogP contribution < -0.4 is 0 Å². The highest BCUT2D eigenvalue weighted by atomic mass is 16.7. The van der Waals surface area contributed by atoms with E-state index in [0.29, 0.717) is 11.4 Å². The van der Waals surface area contributed by atoms with Gasteiger partial charge in [0, 0.05) is 11.3 Å². The fourth-order valence-electron chi connectivity index (χ4n) is 1.20. The Morgan fingerprint density at radius 1 is 1.38 bits per heavy atom. The molecule has 1 atom stereocenters. The Morgan fingerprint density at radius 2 is 2.00 bits per heavy atom. The van der Waals surface area contributed by atoms with Crippen LogP contribution in [0.15, 0.2) is 0 Å². The molecule has 0 radical (unpaired) electrons. The summed E-state index contributed by atoms with van der Waals surface area (Å²) in [6.45, 7) is -0.0455. The minimum atomic E-state index is -1.45. The molecule has 8 nitrogen and oxygen atoms in total. The van der Waals surface area contributed by atoms with Crippen LogP contribution in [-0.4, -0.2) is 33.5 Å². The molecule has 13 heavy (non-hydrogen) atoms. The summed E-state index contributed by atoms with van der Waals surface area (Å²) in [7, 11) is 0. The van der Waals surface area contributed by atoms with Crippen molar-refractivity contribution >= 4 is 5.91 Å². The Labute approximate surface area is 72.4 Å². The summed E-state index contributed by atoms with van der Waals surface area (Å²) >= 11 is 0. The van der Waals surface area contributed by atoms with Gasteiger partial charge in [-0.3, -0.25) is 14.9 Å². The standard InChI is InChI=1S/C5H7N3O5/c9-5-4(7(10)11)2-1-3-6(5)8(12)13/h4H,1-3H2. The fraction of sp³-hybridized carbons (Fsp3) is 0.800. The average molecular weight is 189 g/mol. The van der Waals surface area contributed by atoms with Gasteiger partial charge in [0.25, 0.3) is 6.04 Å². The molecule has 1 rings (SSSR count). The number of carbonyl (C=O) groups is 1. The van der Waals surface area contributed by atoms with E-state index in [1.807, 2.05) is 0 Å². The van der Waals surface area contributed by atoms with Gasteiger partial charge < -0.3 is 0 Å². The molecule has 1 aliphatic rings. The van der Waals surface area contributed by atoms with Gasteiger partial charge in [-0.2, -0.15) is 0 Å². The zero-order valence-corrected chi connectivity index (χ0v) is 6.58. The zero-order chi connectivity index (χ0) is 10.0. The van der Waals surface area contributed by atoms with Crippen LogP contribution >= 0.6 is 0 Å². The van der Waals surface area contributed by atoms with Gasteiger partial charge in [-0.1, -0.05) is 5.01 Å². The largest absolute Gasteiger partial charge is 0.356 e. The van der Waals surface area contributed by atoms with E-state index in [9.17, 15) is 25.0 Å². The lowest BCUT2D eigenvalue weighted by Crippen LogP contribution is -2.50. The summed E-state index contributed by atoms with van der Waals surface area (Å²) in [5.41, 5.74) is 0. The van der Waals surface area contributed by atoms with Crippen LogP contribution in [0.4, 0.5) is 0 Å². The molecular weight excluding hydrogens is 182 g/mol. The molecule has 8 heteroatoms. The van der Waals surface area contributed by atoms with Crippen LogP contribution in [0, 0.1) is 20.2 Å². The lowest BCUT2D eigenvalue weighted by molar-refractivity contribution is -0.643. The molecule has 72 valence electrons. The highest BCUT2D eigenvalue weighted by Gasteiger charge is 2.43. The molecule has 0 aromatic carbocycles. The number of hydrogen-bond donors (Lipinski definition) is 0. The predicted octanol–water partition coefficient (Wildman–Crippen LogP) is -0.554. The maximum absolute atomic E-state index is 11.1. The topological polar surface area (TPSA) is 107 Å². The summed E-state index contributed by atoms with van der Waals surface area (Å²) in [6.07, 6.45) is 0.370. The molecule has 0 aromatic heterocycles. The summed E-state index contributed by atoms with van der Waals surface area (Å²) in [5, 5.41) is 19.9. The number of piperidine rings is 1. The van der Waals surface area contributed by atoms with E-state index in [4.69, 9.17) is 0 Å². The van der Waals surface area contributed by atoms with Crippen LogP contribution in [-0.2, 0) is 4.79 Å². The van der Waals surface area contributed by atoms with Gasteiger partial charge in [0.15, 0.2) is 5.03 Å². The lowest BCUT2D eigenvalue weighted by atomic mass is 10.1. The third-order valence-electron chi connectivity index (χ3n) is 1.84. The molecule has 0 aliphatic carbocycles. The Balaban J connectivity index is 2.77. The minimum absolute atomic E-state index is 0.0455. The van der Waals surface area contributed by atoms with E-state index in [1.165, 1.54) is 0 Å². The smallest absolute Gasteiger partial charge is 0.264 e. The van der Waals surface area contributed by atoms with Gasteiger partial charge >= 0.3 is 5.91 Å². The second-order valence-electron chi connectivity index (χ2n) is 2.64. The van der Waals surface area contributed by atoms with E-state index in [0.717, 1.165) is 0 Å². The highest BCUT2D eigenvalue weighted by molar-refractivity contribution is 5.80. The Bertz CT molecular complexity index is 241. The van der Waals surface area contributed by atoms with E-state index >= 15 is 0 Å². The molecule has 1 saturated heterocycles. The molecule has 1 amide bonds. The summed E-state index contributed by atoms with van der Waals surface area (Å²) in [6, 6.07) is -1.45. The van der Waals surface area contributed by atoms with Crippen molar-refractivity contribution in [1.82, 2.24) is 5.01 Å². The molecule has 1 aliphatic heterocycles. The van der Waals surface area contributed by atoms with E-state index < -0.39 is 21.9 Å².